The van der Waals surface area contributed by atoms with Crippen LogP contribution in [0.25, 0.3) is 0 Å². The van der Waals surface area contributed by atoms with Gasteiger partial charge in [0.25, 0.3) is 15.0 Å². The van der Waals surface area contributed by atoms with Gasteiger partial charge < -0.3 is 5.32 Å². The summed E-state index contributed by atoms with van der Waals surface area (Å²) in [6.45, 7) is 0. The zero-order chi connectivity index (χ0) is 15.6. The van der Waals surface area contributed by atoms with E-state index in [1.54, 1.807) is 0 Å². The molecule has 0 bridgehead atoms. The lowest BCUT2D eigenvalue weighted by molar-refractivity contribution is 0.102. The van der Waals surface area contributed by atoms with E-state index in [2.05, 4.69) is 21.2 Å². The van der Waals surface area contributed by atoms with Crippen LogP contribution in [0, 0.1) is 5.82 Å². The number of rotatable bonds is 3. The van der Waals surface area contributed by atoms with E-state index in [4.69, 9.17) is 10.7 Å². The summed E-state index contributed by atoms with van der Waals surface area (Å²) in [6.07, 6.45) is 0. The molecule has 110 valence electrons. The van der Waals surface area contributed by atoms with E-state index in [9.17, 15) is 17.6 Å². The van der Waals surface area contributed by atoms with Gasteiger partial charge in [-0.1, -0.05) is 6.07 Å². The van der Waals surface area contributed by atoms with Crippen molar-refractivity contribution in [3.05, 3.63) is 58.3 Å². The summed E-state index contributed by atoms with van der Waals surface area (Å²) in [5.41, 5.74) is 0.490. The molecule has 4 nitrogen and oxygen atoms in total. The maximum atomic E-state index is 13.1. The van der Waals surface area contributed by atoms with Crippen molar-refractivity contribution in [1.82, 2.24) is 0 Å². The van der Waals surface area contributed by atoms with Crippen molar-refractivity contribution in [3.63, 3.8) is 0 Å². The van der Waals surface area contributed by atoms with Gasteiger partial charge in [0, 0.05) is 20.7 Å². The van der Waals surface area contributed by atoms with E-state index >= 15 is 0 Å². The van der Waals surface area contributed by atoms with Gasteiger partial charge in [0.1, 0.15) is 5.82 Å². The maximum absolute atomic E-state index is 13.1. The van der Waals surface area contributed by atoms with Crippen LogP contribution < -0.4 is 5.32 Å². The molecule has 2 rings (SSSR count). The minimum atomic E-state index is -3.85. The summed E-state index contributed by atoms with van der Waals surface area (Å²) in [7, 11) is 1.38. The van der Waals surface area contributed by atoms with Crippen LogP contribution in [0.1, 0.15) is 10.4 Å². The monoisotopic (exact) mass is 391 g/mol. The number of benzene rings is 2. The van der Waals surface area contributed by atoms with Gasteiger partial charge in [-0.15, -0.1) is 0 Å². The number of nitrogens with one attached hydrogen (secondary N) is 1. The van der Waals surface area contributed by atoms with Gasteiger partial charge in [-0.25, -0.2) is 12.8 Å². The van der Waals surface area contributed by atoms with E-state index in [0.717, 1.165) is 6.07 Å². The molecule has 1 amide bonds. The average Bonchev–Trinajstić information content (AvgIpc) is 2.39. The first-order valence-corrected chi connectivity index (χ1v) is 8.69. The van der Waals surface area contributed by atoms with Crippen LogP contribution >= 0.6 is 26.6 Å². The lowest BCUT2D eigenvalue weighted by atomic mass is 10.2. The van der Waals surface area contributed by atoms with Crippen LogP contribution in [0.2, 0.25) is 0 Å². The molecule has 2 aromatic rings. The number of carbonyl (C=O) groups excluding carboxylic acids is 1. The molecule has 0 atom stereocenters. The Morgan fingerprint density at radius 1 is 1.19 bits per heavy atom. The Morgan fingerprint density at radius 3 is 2.48 bits per heavy atom. The Bertz CT molecular complexity index is 811. The molecule has 0 unspecified atom stereocenters. The minimum absolute atomic E-state index is 0.0974. The lowest BCUT2D eigenvalue weighted by Gasteiger charge is -2.08. The first-order chi connectivity index (χ1) is 9.77. The highest BCUT2D eigenvalue weighted by molar-refractivity contribution is 9.10. The smallest absolute Gasteiger partial charge is 0.261 e. The Hall–Kier alpha value is -1.44. The third-order valence-electron chi connectivity index (χ3n) is 2.56. The number of halogens is 3. The van der Waals surface area contributed by atoms with Crippen molar-refractivity contribution >= 4 is 47.3 Å². The highest BCUT2D eigenvalue weighted by atomic mass is 79.9. The normalized spacial score (nSPS) is 11.2. The molecule has 0 saturated heterocycles. The van der Waals surface area contributed by atoms with Gasteiger partial charge in [0.15, 0.2) is 0 Å². The number of amides is 1. The summed E-state index contributed by atoms with van der Waals surface area (Å²) in [5.74, 6) is -1.04. The fourth-order valence-corrected chi connectivity index (χ4v) is 2.98. The number of hydrogen-bond donors (Lipinski definition) is 1. The maximum Gasteiger partial charge on any atom is 0.261 e. The van der Waals surface area contributed by atoms with Crippen LogP contribution in [-0.2, 0) is 9.05 Å². The quantitative estimate of drug-likeness (QED) is 0.809. The predicted molar refractivity (Wildman–Crippen MR) is 81.5 cm³/mol. The van der Waals surface area contributed by atoms with Crippen molar-refractivity contribution in [2.75, 3.05) is 5.32 Å². The van der Waals surface area contributed by atoms with Crippen molar-refractivity contribution in [3.8, 4) is 0 Å². The highest BCUT2D eigenvalue weighted by Crippen LogP contribution is 2.27. The van der Waals surface area contributed by atoms with Crippen molar-refractivity contribution in [2.24, 2.45) is 0 Å². The fraction of sp³-hybridized carbons (Fsp3) is 0. The number of carbonyl (C=O) groups is 1. The molecule has 21 heavy (non-hydrogen) atoms. The Balaban J connectivity index is 2.26. The standard InChI is InChI=1S/C13H8BrClFNO3S/c14-11-7-10(21(15,19)20)4-5-12(11)17-13(18)8-2-1-3-9(16)6-8/h1-7H,(H,17,18). The zero-order valence-corrected chi connectivity index (χ0v) is 13.5. The van der Waals surface area contributed by atoms with Crippen LogP contribution in [0.15, 0.2) is 51.8 Å². The molecule has 1 N–H and O–H groups in total. The summed E-state index contributed by atoms with van der Waals surface area (Å²) in [4.78, 5) is 11.9. The van der Waals surface area contributed by atoms with E-state index in [1.165, 1.54) is 36.4 Å². The largest absolute Gasteiger partial charge is 0.321 e. The Morgan fingerprint density at radius 2 is 1.90 bits per heavy atom. The second kappa shape index (κ2) is 6.13. The average molecular weight is 393 g/mol. The minimum Gasteiger partial charge on any atom is -0.321 e. The molecule has 0 aliphatic carbocycles. The first-order valence-electron chi connectivity index (χ1n) is 5.58. The van der Waals surface area contributed by atoms with Crippen LogP contribution in [-0.4, -0.2) is 14.3 Å². The van der Waals surface area contributed by atoms with E-state index < -0.39 is 20.8 Å². The molecular weight excluding hydrogens is 385 g/mol. The van der Waals surface area contributed by atoms with E-state index in [0.29, 0.717) is 10.2 Å². The molecular formula is C13H8BrClFNO3S. The molecule has 0 aliphatic rings. The van der Waals surface area contributed by atoms with Crippen molar-refractivity contribution < 1.29 is 17.6 Å². The Labute approximate surface area is 133 Å². The number of anilines is 1. The third-order valence-corrected chi connectivity index (χ3v) is 4.56. The fourth-order valence-electron chi connectivity index (χ4n) is 1.57. The summed E-state index contributed by atoms with van der Waals surface area (Å²) in [5, 5.41) is 2.54. The van der Waals surface area contributed by atoms with Crippen molar-refractivity contribution in [1.29, 1.82) is 0 Å². The summed E-state index contributed by atoms with van der Waals surface area (Å²) >= 11 is 3.14. The van der Waals surface area contributed by atoms with Crippen LogP contribution in [0.5, 0.6) is 0 Å². The second-order valence-electron chi connectivity index (χ2n) is 4.04. The van der Waals surface area contributed by atoms with Gasteiger partial charge >= 0.3 is 0 Å². The lowest BCUT2D eigenvalue weighted by Crippen LogP contribution is -2.12. The van der Waals surface area contributed by atoms with Gasteiger partial charge in [-0.2, -0.15) is 0 Å². The zero-order valence-electron chi connectivity index (χ0n) is 10.3. The topological polar surface area (TPSA) is 63.2 Å². The molecule has 2 aromatic carbocycles. The van der Waals surface area contributed by atoms with Gasteiger partial charge in [-0.05, 0) is 52.3 Å². The van der Waals surface area contributed by atoms with Crippen LogP contribution in [0.3, 0.4) is 0 Å². The van der Waals surface area contributed by atoms with E-state index in [-0.39, 0.29) is 10.5 Å². The van der Waals surface area contributed by atoms with Gasteiger partial charge in [0.2, 0.25) is 0 Å². The van der Waals surface area contributed by atoms with Gasteiger partial charge in [-0.3, -0.25) is 4.79 Å². The molecule has 8 heteroatoms. The molecule has 0 saturated carbocycles. The molecule has 0 aromatic heterocycles. The van der Waals surface area contributed by atoms with Crippen molar-refractivity contribution in [2.45, 2.75) is 4.90 Å². The van der Waals surface area contributed by atoms with E-state index in [1.807, 2.05) is 0 Å². The molecule has 0 spiro atoms. The third kappa shape index (κ3) is 4.03. The predicted octanol–water partition coefficient (Wildman–Crippen LogP) is 3.77. The Kier molecular flexibility index (Phi) is 4.65. The first kappa shape index (κ1) is 15.9. The molecule has 0 fully saturated rings. The molecule has 0 radical (unpaired) electrons. The second-order valence-corrected chi connectivity index (χ2v) is 7.46. The van der Waals surface area contributed by atoms with Gasteiger partial charge in [0.05, 0.1) is 10.6 Å². The highest BCUT2D eigenvalue weighted by Gasteiger charge is 2.14. The number of hydrogen-bond acceptors (Lipinski definition) is 3. The summed E-state index contributed by atoms with van der Waals surface area (Å²) in [6, 6.07) is 9.12. The summed E-state index contributed by atoms with van der Waals surface area (Å²) < 4.78 is 35.8. The molecule has 0 aliphatic heterocycles. The SMILES string of the molecule is O=C(Nc1ccc(S(=O)(=O)Cl)cc1Br)c1cccc(F)c1. The molecule has 0 heterocycles. The van der Waals surface area contributed by atoms with Crippen LogP contribution in [0.4, 0.5) is 10.1 Å².